The Balaban J connectivity index is 4.66. The second-order valence-electron chi connectivity index (χ2n) is 5.75. The predicted molar refractivity (Wildman–Crippen MR) is 81.5 cm³/mol. The van der Waals surface area contributed by atoms with Crippen molar-refractivity contribution in [2.75, 3.05) is 0 Å². The number of nitrogens with two attached hydrogens (primary N) is 1. The summed E-state index contributed by atoms with van der Waals surface area (Å²) in [6.07, 6.45) is 0.456. The highest BCUT2D eigenvalue weighted by atomic mass is 16.2. The van der Waals surface area contributed by atoms with Gasteiger partial charge in [0.2, 0.25) is 23.6 Å². The van der Waals surface area contributed by atoms with Crippen molar-refractivity contribution in [1.29, 1.82) is 0 Å². The summed E-state index contributed by atoms with van der Waals surface area (Å²) in [7, 11) is 0. The van der Waals surface area contributed by atoms with Crippen LogP contribution in [0.3, 0.4) is 0 Å². The summed E-state index contributed by atoms with van der Waals surface area (Å²) in [6.45, 7) is 8.11. The second-order valence-corrected chi connectivity index (χ2v) is 5.75. The Morgan fingerprint density at radius 1 is 0.864 bits per heavy atom. The lowest BCUT2D eigenvalue weighted by atomic mass is 10.0. The SMILES string of the molecule is CC(=O)N[C@@H](CC(C)C)C(=O)N[C@@H](C)C(=O)N[C@@H](C)C(N)=O. The Kier molecular flexibility index (Phi) is 8.14. The molecule has 3 atom stereocenters. The molecular formula is C14H26N4O4. The Morgan fingerprint density at radius 3 is 1.77 bits per heavy atom. The maximum Gasteiger partial charge on any atom is 0.243 e. The highest BCUT2D eigenvalue weighted by Crippen LogP contribution is 2.05. The number of amides is 4. The van der Waals surface area contributed by atoms with Crippen LogP contribution in [0, 0.1) is 5.92 Å². The van der Waals surface area contributed by atoms with E-state index >= 15 is 0 Å². The minimum Gasteiger partial charge on any atom is -0.368 e. The zero-order chi connectivity index (χ0) is 17.4. The van der Waals surface area contributed by atoms with Gasteiger partial charge in [0.05, 0.1) is 0 Å². The largest absolute Gasteiger partial charge is 0.368 e. The van der Waals surface area contributed by atoms with Crippen molar-refractivity contribution in [3.63, 3.8) is 0 Å². The minimum absolute atomic E-state index is 0.196. The van der Waals surface area contributed by atoms with E-state index in [1.54, 1.807) is 0 Å². The zero-order valence-corrected chi connectivity index (χ0v) is 13.7. The standard InChI is InChI=1S/C14H26N4O4/c1-7(2)6-11(18-10(5)19)14(22)17-9(4)13(21)16-8(3)12(15)20/h7-9,11H,6H2,1-5H3,(H2,15,20)(H,16,21)(H,17,22)(H,18,19)/t8-,9-,11-/m0/s1. The highest BCUT2D eigenvalue weighted by molar-refractivity contribution is 5.93. The molecule has 5 N–H and O–H groups in total. The third-order valence-electron chi connectivity index (χ3n) is 2.94. The number of rotatable bonds is 8. The van der Waals surface area contributed by atoms with Crippen molar-refractivity contribution in [3.05, 3.63) is 0 Å². The lowest BCUT2D eigenvalue weighted by molar-refractivity contribution is -0.132. The van der Waals surface area contributed by atoms with Crippen molar-refractivity contribution in [2.45, 2.75) is 59.2 Å². The summed E-state index contributed by atoms with van der Waals surface area (Å²) in [4.78, 5) is 46.1. The average Bonchev–Trinajstić information content (AvgIpc) is 2.36. The molecule has 0 radical (unpaired) electrons. The van der Waals surface area contributed by atoms with Gasteiger partial charge in [0.25, 0.3) is 0 Å². The third kappa shape index (κ3) is 7.61. The van der Waals surface area contributed by atoms with Gasteiger partial charge in [0.1, 0.15) is 18.1 Å². The van der Waals surface area contributed by atoms with Gasteiger partial charge in [0.15, 0.2) is 0 Å². The summed E-state index contributed by atoms with van der Waals surface area (Å²) in [5.41, 5.74) is 5.06. The van der Waals surface area contributed by atoms with E-state index in [2.05, 4.69) is 16.0 Å². The molecule has 0 unspecified atom stereocenters. The molecule has 0 rings (SSSR count). The lowest BCUT2D eigenvalue weighted by Crippen LogP contribution is -2.54. The first-order chi connectivity index (χ1) is 10.0. The quantitative estimate of drug-likeness (QED) is 0.459. The molecule has 22 heavy (non-hydrogen) atoms. The van der Waals surface area contributed by atoms with Crippen LogP contribution in [-0.4, -0.2) is 41.8 Å². The number of carbonyl (C=O) groups is 4. The summed E-state index contributed by atoms with van der Waals surface area (Å²) >= 11 is 0. The van der Waals surface area contributed by atoms with Gasteiger partial charge >= 0.3 is 0 Å². The van der Waals surface area contributed by atoms with Crippen LogP contribution in [0.2, 0.25) is 0 Å². The van der Waals surface area contributed by atoms with Crippen LogP contribution in [0.15, 0.2) is 0 Å². The summed E-state index contributed by atoms with van der Waals surface area (Å²) in [6, 6.07) is -2.38. The van der Waals surface area contributed by atoms with E-state index in [4.69, 9.17) is 5.73 Å². The monoisotopic (exact) mass is 314 g/mol. The molecule has 4 amide bonds. The molecule has 126 valence electrons. The lowest BCUT2D eigenvalue weighted by Gasteiger charge is -2.22. The van der Waals surface area contributed by atoms with Gasteiger partial charge in [0, 0.05) is 6.92 Å². The number of hydrogen-bond acceptors (Lipinski definition) is 4. The number of hydrogen-bond donors (Lipinski definition) is 4. The summed E-state index contributed by atoms with van der Waals surface area (Å²) in [5.74, 6) is -1.76. The number of primary amides is 1. The van der Waals surface area contributed by atoms with E-state index in [1.807, 2.05) is 13.8 Å². The first-order valence-corrected chi connectivity index (χ1v) is 7.21. The molecular weight excluding hydrogens is 288 g/mol. The van der Waals surface area contributed by atoms with E-state index in [-0.39, 0.29) is 11.8 Å². The van der Waals surface area contributed by atoms with Gasteiger partial charge in [-0.15, -0.1) is 0 Å². The molecule has 0 aromatic rings. The van der Waals surface area contributed by atoms with Crippen LogP contribution < -0.4 is 21.7 Å². The third-order valence-corrected chi connectivity index (χ3v) is 2.94. The zero-order valence-electron chi connectivity index (χ0n) is 13.7. The smallest absolute Gasteiger partial charge is 0.243 e. The van der Waals surface area contributed by atoms with Crippen molar-refractivity contribution in [3.8, 4) is 0 Å². The molecule has 0 spiro atoms. The van der Waals surface area contributed by atoms with Gasteiger partial charge in [-0.1, -0.05) is 13.8 Å². The molecule has 0 heterocycles. The van der Waals surface area contributed by atoms with Crippen LogP contribution in [0.25, 0.3) is 0 Å². The number of nitrogens with one attached hydrogen (secondary N) is 3. The van der Waals surface area contributed by atoms with Gasteiger partial charge in [-0.25, -0.2) is 0 Å². The predicted octanol–water partition coefficient (Wildman–Crippen LogP) is -0.968. The summed E-state index contributed by atoms with van der Waals surface area (Å²) in [5, 5.41) is 7.46. The van der Waals surface area contributed by atoms with Crippen LogP contribution in [0.4, 0.5) is 0 Å². The fraction of sp³-hybridized carbons (Fsp3) is 0.714. The maximum absolute atomic E-state index is 12.2. The first-order valence-electron chi connectivity index (χ1n) is 7.21. The van der Waals surface area contributed by atoms with Gasteiger partial charge in [-0.2, -0.15) is 0 Å². The van der Waals surface area contributed by atoms with E-state index < -0.39 is 35.8 Å². The van der Waals surface area contributed by atoms with E-state index in [9.17, 15) is 19.2 Å². The second kappa shape index (κ2) is 9.01. The molecule has 0 bridgehead atoms. The van der Waals surface area contributed by atoms with Crippen molar-refractivity contribution in [1.82, 2.24) is 16.0 Å². The van der Waals surface area contributed by atoms with Crippen LogP contribution in [-0.2, 0) is 19.2 Å². The van der Waals surface area contributed by atoms with Crippen molar-refractivity contribution in [2.24, 2.45) is 11.7 Å². The molecule has 0 aromatic carbocycles. The molecule has 0 aliphatic rings. The Hall–Kier alpha value is -2.12. The fourth-order valence-corrected chi connectivity index (χ4v) is 1.74. The van der Waals surface area contributed by atoms with Crippen LogP contribution >= 0.6 is 0 Å². The Morgan fingerprint density at radius 2 is 1.36 bits per heavy atom. The topological polar surface area (TPSA) is 130 Å². The number of carbonyl (C=O) groups excluding carboxylic acids is 4. The van der Waals surface area contributed by atoms with Gasteiger partial charge in [-0.05, 0) is 26.2 Å². The molecule has 0 saturated heterocycles. The van der Waals surface area contributed by atoms with Crippen LogP contribution in [0.1, 0.15) is 41.0 Å². The van der Waals surface area contributed by atoms with Gasteiger partial charge in [-0.3, -0.25) is 19.2 Å². The van der Waals surface area contributed by atoms with E-state index in [0.717, 1.165) is 0 Å². The molecule has 0 aliphatic carbocycles. The molecule has 8 heteroatoms. The molecule has 0 aromatic heterocycles. The minimum atomic E-state index is -0.849. The van der Waals surface area contributed by atoms with E-state index in [0.29, 0.717) is 6.42 Å². The highest BCUT2D eigenvalue weighted by Gasteiger charge is 2.25. The van der Waals surface area contributed by atoms with Crippen molar-refractivity contribution >= 4 is 23.6 Å². The average molecular weight is 314 g/mol. The van der Waals surface area contributed by atoms with Gasteiger partial charge < -0.3 is 21.7 Å². The van der Waals surface area contributed by atoms with Crippen molar-refractivity contribution < 1.29 is 19.2 Å². The first kappa shape index (κ1) is 19.9. The molecule has 0 aliphatic heterocycles. The Labute approximate surface area is 130 Å². The van der Waals surface area contributed by atoms with Crippen LogP contribution in [0.5, 0.6) is 0 Å². The van der Waals surface area contributed by atoms with E-state index in [1.165, 1.54) is 20.8 Å². The normalized spacial score (nSPS) is 14.6. The Bertz CT molecular complexity index is 437. The maximum atomic E-state index is 12.2. The molecule has 0 saturated carbocycles. The molecule has 8 nitrogen and oxygen atoms in total. The molecule has 0 fully saturated rings. The fourth-order valence-electron chi connectivity index (χ4n) is 1.74. The summed E-state index contributed by atoms with van der Waals surface area (Å²) < 4.78 is 0.